The number of allylic oxidation sites excluding steroid dienone is 4. The number of carbonyl (C=O) groups is 1. The van der Waals surface area contributed by atoms with Crippen LogP contribution in [0.4, 0.5) is 0 Å². The molecule has 0 aromatic rings. The van der Waals surface area contributed by atoms with Crippen molar-refractivity contribution >= 4 is 5.97 Å². The van der Waals surface area contributed by atoms with E-state index in [0.29, 0.717) is 30.4 Å². The molecule has 208 valence electrons. The van der Waals surface area contributed by atoms with Crippen LogP contribution in [0.1, 0.15) is 60.3 Å². The molecule has 4 aliphatic heterocycles. The largest absolute Gasteiger partial charge is 0.462 e. The summed E-state index contributed by atoms with van der Waals surface area (Å²) in [6.45, 7) is 10.3. The Morgan fingerprint density at radius 3 is 2.63 bits per heavy atom. The van der Waals surface area contributed by atoms with Gasteiger partial charge in [0, 0.05) is 18.8 Å². The first-order valence-electron chi connectivity index (χ1n) is 14.0. The molecule has 4 heterocycles. The van der Waals surface area contributed by atoms with Crippen molar-refractivity contribution in [2.45, 2.75) is 102 Å². The Labute approximate surface area is 225 Å². The molecule has 2 saturated heterocycles. The highest BCUT2D eigenvalue weighted by Gasteiger charge is 2.60. The Kier molecular flexibility index (Phi) is 7.61. The molecule has 2 N–H and O–H groups in total. The number of hydrogen-bond donors (Lipinski definition) is 2. The van der Waals surface area contributed by atoms with Gasteiger partial charge in [-0.25, -0.2) is 0 Å². The summed E-state index contributed by atoms with van der Waals surface area (Å²) in [5.74, 6) is -1.95. The van der Waals surface area contributed by atoms with Crippen molar-refractivity contribution in [3.63, 3.8) is 0 Å². The van der Waals surface area contributed by atoms with Crippen LogP contribution in [0.25, 0.3) is 0 Å². The molecule has 5 rings (SSSR count). The first kappa shape index (κ1) is 27.5. The summed E-state index contributed by atoms with van der Waals surface area (Å²) in [6, 6.07) is 0. The second kappa shape index (κ2) is 10.5. The smallest absolute Gasteiger partial charge is 0.316 e. The lowest BCUT2D eigenvalue weighted by molar-refractivity contribution is -0.291. The Hall–Kier alpha value is -2.03. The minimum absolute atomic E-state index is 0.0342. The Bertz CT molecular complexity index is 1090. The van der Waals surface area contributed by atoms with Crippen LogP contribution >= 0.6 is 0 Å². The molecule has 7 heteroatoms. The first-order chi connectivity index (χ1) is 18.0. The van der Waals surface area contributed by atoms with Gasteiger partial charge < -0.3 is 29.2 Å². The van der Waals surface area contributed by atoms with E-state index in [1.54, 1.807) is 13.0 Å². The van der Waals surface area contributed by atoms with Crippen LogP contribution in [0.3, 0.4) is 0 Å². The molecule has 2 fully saturated rings. The summed E-state index contributed by atoms with van der Waals surface area (Å²) in [5.41, 5.74) is 0.728. The third-order valence-electron chi connectivity index (χ3n) is 8.85. The number of esters is 1. The van der Waals surface area contributed by atoms with Crippen LogP contribution in [-0.2, 0) is 23.7 Å². The molecule has 1 spiro atoms. The van der Waals surface area contributed by atoms with E-state index in [9.17, 15) is 15.0 Å². The Morgan fingerprint density at radius 1 is 1.08 bits per heavy atom. The van der Waals surface area contributed by atoms with E-state index in [4.69, 9.17) is 18.9 Å². The predicted octanol–water partition coefficient (Wildman–Crippen LogP) is 4.31. The lowest BCUT2D eigenvalue weighted by Gasteiger charge is -2.46. The van der Waals surface area contributed by atoms with Crippen LogP contribution in [0, 0.1) is 17.8 Å². The molecule has 0 aromatic heterocycles. The van der Waals surface area contributed by atoms with Crippen LogP contribution < -0.4 is 0 Å². The van der Waals surface area contributed by atoms with Crippen molar-refractivity contribution in [3.05, 3.63) is 59.3 Å². The van der Waals surface area contributed by atoms with Crippen LogP contribution in [0.15, 0.2) is 59.3 Å². The molecule has 7 nitrogen and oxygen atoms in total. The average molecular weight is 527 g/mol. The van der Waals surface area contributed by atoms with Gasteiger partial charge in [-0.2, -0.15) is 0 Å². The SMILES string of the molecule is CC1=CC2C(=O)O[C@H]3C[C@@H](C/C=C(\C)C[C@@H](C)/C=C/C=C4\CO[C@H](C1O)[C@@]42O)O[C@@]1(C=C[C@H](C)[C@@H](C)O1)C3. The minimum atomic E-state index is -1.69. The number of aliphatic hydroxyl groups excluding tert-OH is 1. The fourth-order valence-corrected chi connectivity index (χ4v) is 6.47. The normalized spacial score (nSPS) is 49.2. The lowest BCUT2D eigenvalue weighted by atomic mass is 9.71. The molecular weight excluding hydrogens is 484 g/mol. The summed E-state index contributed by atoms with van der Waals surface area (Å²) in [5, 5.41) is 22.8. The van der Waals surface area contributed by atoms with Crippen molar-refractivity contribution in [3.8, 4) is 0 Å². The van der Waals surface area contributed by atoms with E-state index in [1.807, 2.05) is 25.2 Å². The van der Waals surface area contributed by atoms with E-state index in [-0.39, 0.29) is 30.7 Å². The Balaban J connectivity index is 1.53. The summed E-state index contributed by atoms with van der Waals surface area (Å²) < 4.78 is 25.0. The molecule has 0 radical (unpaired) electrons. The van der Waals surface area contributed by atoms with Crippen molar-refractivity contribution in [1.82, 2.24) is 0 Å². The van der Waals surface area contributed by atoms with E-state index in [0.717, 1.165) is 6.42 Å². The molecule has 2 bridgehead atoms. The van der Waals surface area contributed by atoms with Gasteiger partial charge in [-0.05, 0) is 56.8 Å². The highest BCUT2D eigenvalue weighted by atomic mass is 16.7. The third kappa shape index (κ3) is 5.11. The molecule has 0 aromatic carbocycles. The van der Waals surface area contributed by atoms with E-state index in [1.165, 1.54) is 5.57 Å². The van der Waals surface area contributed by atoms with Crippen molar-refractivity contribution < 1.29 is 34.0 Å². The molecule has 1 aliphatic carbocycles. The number of ether oxygens (including phenoxy) is 4. The first-order valence-corrected chi connectivity index (χ1v) is 14.0. The van der Waals surface area contributed by atoms with Crippen molar-refractivity contribution in [2.75, 3.05) is 6.61 Å². The maximum absolute atomic E-state index is 13.8. The number of carbonyl (C=O) groups excluding carboxylic acids is 1. The summed E-state index contributed by atoms with van der Waals surface area (Å²) in [4.78, 5) is 13.8. The minimum Gasteiger partial charge on any atom is -0.462 e. The average Bonchev–Trinajstić information content (AvgIpc) is 3.19. The van der Waals surface area contributed by atoms with Crippen molar-refractivity contribution in [1.29, 1.82) is 0 Å². The van der Waals surface area contributed by atoms with Gasteiger partial charge in [0.15, 0.2) is 5.79 Å². The van der Waals surface area contributed by atoms with Gasteiger partial charge in [-0.3, -0.25) is 4.79 Å². The van der Waals surface area contributed by atoms with E-state index >= 15 is 0 Å². The van der Waals surface area contributed by atoms with E-state index < -0.39 is 41.6 Å². The molecular formula is C31H42O7. The summed E-state index contributed by atoms with van der Waals surface area (Å²) >= 11 is 0. The maximum atomic E-state index is 13.8. The summed E-state index contributed by atoms with van der Waals surface area (Å²) in [6.07, 6.45) is 13.7. The zero-order valence-corrected chi connectivity index (χ0v) is 23.1. The molecule has 38 heavy (non-hydrogen) atoms. The molecule has 0 amide bonds. The molecule has 5 aliphatic rings. The van der Waals surface area contributed by atoms with Crippen LogP contribution in [0.2, 0.25) is 0 Å². The second-order valence-corrected chi connectivity index (χ2v) is 12.0. The second-order valence-electron chi connectivity index (χ2n) is 12.0. The quantitative estimate of drug-likeness (QED) is 0.359. The molecule has 2 unspecified atom stereocenters. The van der Waals surface area contributed by atoms with Gasteiger partial charge in [-0.1, -0.05) is 55.9 Å². The van der Waals surface area contributed by atoms with Crippen molar-refractivity contribution in [2.24, 2.45) is 17.8 Å². The van der Waals surface area contributed by atoms with Gasteiger partial charge >= 0.3 is 5.97 Å². The predicted molar refractivity (Wildman–Crippen MR) is 143 cm³/mol. The highest BCUT2D eigenvalue weighted by molar-refractivity contribution is 5.78. The number of rotatable bonds is 0. The van der Waals surface area contributed by atoms with Gasteiger partial charge in [0.25, 0.3) is 0 Å². The summed E-state index contributed by atoms with van der Waals surface area (Å²) in [7, 11) is 0. The number of aliphatic hydroxyl groups is 2. The molecule has 0 saturated carbocycles. The van der Waals surface area contributed by atoms with Crippen LogP contribution in [0.5, 0.6) is 0 Å². The zero-order valence-electron chi connectivity index (χ0n) is 23.1. The van der Waals surface area contributed by atoms with Gasteiger partial charge in [0.2, 0.25) is 0 Å². The van der Waals surface area contributed by atoms with Crippen LogP contribution in [-0.4, -0.2) is 64.7 Å². The Morgan fingerprint density at radius 2 is 1.87 bits per heavy atom. The van der Waals surface area contributed by atoms with Gasteiger partial charge in [0.05, 0.1) is 18.8 Å². The topological polar surface area (TPSA) is 94.5 Å². The monoisotopic (exact) mass is 526 g/mol. The number of hydrogen-bond acceptors (Lipinski definition) is 7. The number of fused-ring (bicyclic) bond motifs is 2. The highest BCUT2D eigenvalue weighted by Crippen LogP contribution is 2.46. The fraction of sp³-hybridized carbons (Fsp3) is 0.645. The van der Waals surface area contributed by atoms with Gasteiger partial charge in [-0.15, -0.1) is 0 Å². The fourth-order valence-electron chi connectivity index (χ4n) is 6.47. The van der Waals surface area contributed by atoms with E-state index in [2.05, 4.69) is 39.0 Å². The zero-order chi connectivity index (χ0) is 27.2. The van der Waals surface area contributed by atoms with Gasteiger partial charge in [0.1, 0.15) is 29.8 Å². The third-order valence-corrected chi connectivity index (χ3v) is 8.85. The standard InChI is InChI=1S/C31H42O7/c1-18-7-6-8-23-17-35-28-27(32)21(4)14-26(31(23,28)34)29(33)36-25-15-24(10-9-19(2)13-18)38-30(16-25)12-11-20(3)22(5)37-30/h6-9,11-12,14,18,20,22,24-28,32,34H,10,13,15-17H2,1-5H3/b7-6+,19-9+,23-8+/t18-,20-,22+,24+,25-,26?,27?,28+,30-,31+/m0/s1. The maximum Gasteiger partial charge on any atom is 0.316 e. The lowest BCUT2D eigenvalue weighted by Crippen LogP contribution is -2.58. The molecule has 10 atom stereocenters.